The van der Waals surface area contributed by atoms with Gasteiger partial charge in [-0.25, -0.2) is 4.39 Å². The quantitative estimate of drug-likeness (QED) is 0.572. The fourth-order valence-electron chi connectivity index (χ4n) is 3.10. The van der Waals surface area contributed by atoms with E-state index in [9.17, 15) is 9.18 Å². The lowest BCUT2D eigenvalue weighted by molar-refractivity contribution is 0.0940. The Kier molecular flexibility index (Phi) is 6.14. The largest absolute Gasteiger partial charge is 0.489 e. The summed E-state index contributed by atoms with van der Waals surface area (Å²) in [6.07, 6.45) is 1.68. The molecule has 0 fully saturated rings. The monoisotopic (exact) mass is 380 g/mol. The summed E-state index contributed by atoms with van der Waals surface area (Å²) in [6, 6.07) is 14.0. The standard InChI is InChI=1S/C23H25FN2O2/c1-4-11-28-22-10-6-9-20-19(22)13-21(23(27)25-14-16(2)3)26(20)15-17-7-5-8-18(24)12-17/h4-10,12-13,16H,1,11,14-15H2,2-3H3,(H,25,27). The highest BCUT2D eigenvalue weighted by atomic mass is 19.1. The Balaban J connectivity index is 2.07. The molecule has 0 unspecified atom stereocenters. The fourth-order valence-corrected chi connectivity index (χ4v) is 3.10. The molecule has 4 nitrogen and oxygen atoms in total. The predicted molar refractivity (Wildman–Crippen MR) is 110 cm³/mol. The summed E-state index contributed by atoms with van der Waals surface area (Å²) in [5.74, 6) is 0.579. The van der Waals surface area contributed by atoms with Crippen LogP contribution in [0.1, 0.15) is 29.9 Å². The molecule has 0 saturated heterocycles. The van der Waals surface area contributed by atoms with E-state index in [-0.39, 0.29) is 11.7 Å². The smallest absolute Gasteiger partial charge is 0.267 e. The second-order valence-corrected chi connectivity index (χ2v) is 7.14. The van der Waals surface area contributed by atoms with Crippen molar-refractivity contribution in [3.63, 3.8) is 0 Å². The lowest BCUT2D eigenvalue weighted by Gasteiger charge is -2.13. The number of nitrogens with zero attached hydrogens (tertiary/aromatic N) is 1. The third kappa shape index (κ3) is 4.42. The zero-order valence-electron chi connectivity index (χ0n) is 16.2. The van der Waals surface area contributed by atoms with E-state index in [0.717, 1.165) is 16.5 Å². The SMILES string of the molecule is C=CCOc1cccc2c1cc(C(=O)NCC(C)C)n2Cc1cccc(F)c1. The second kappa shape index (κ2) is 8.74. The molecule has 0 aliphatic rings. The van der Waals surface area contributed by atoms with E-state index in [1.807, 2.05) is 48.7 Å². The molecule has 0 saturated carbocycles. The summed E-state index contributed by atoms with van der Waals surface area (Å²) < 4.78 is 21.3. The molecular formula is C23H25FN2O2. The van der Waals surface area contributed by atoms with Crippen molar-refractivity contribution >= 4 is 16.8 Å². The number of carbonyl (C=O) groups is 1. The van der Waals surface area contributed by atoms with Gasteiger partial charge in [0, 0.05) is 18.5 Å². The van der Waals surface area contributed by atoms with Crippen molar-refractivity contribution in [3.8, 4) is 5.75 Å². The van der Waals surface area contributed by atoms with E-state index in [2.05, 4.69) is 11.9 Å². The van der Waals surface area contributed by atoms with E-state index in [1.54, 1.807) is 12.1 Å². The van der Waals surface area contributed by atoms with Crippen LogP contribution in [0.15, 0.2) is 61.2 Å². The lowest BCUT2D eigenvalue weighted by atomic mass is 10.2. The number of rotatable bonds is 8. The summed E-state index contributed by atoms with van der Waals surface area (Å²) in [7, 11) is 0. The van der Waals surface area contributed by atoms with Crippen LogP contribution < -0.4 is 10.1 Å². The van der Waals surface area contributed by atoms with Crippen molar-refractivity contribution in [2.75, 3.05) is 13.2 Å². The number of benzene rings is 2. The van der Waals surface area contributed by atoms with Crippen LogP contribution in [0.4, 0.5) is 4.39 Å². The molecule has 0 aliphatic carbocycles. The molecule has 1 aromatic heterocycles. The van der Waals surface area contributed by atoms with Gasteiger partial charge in [0.05, 0.1) is 5.52 Å². The third-order valence-electron chi connectivity index (χ3n) is 4.40. The van der Waals surface area contributed by atoms with Gasteiger partial charge in [-0.05, 0) is 41.8 Å². The van der Waals surface area contributed by atoms with Crippen molar-refractivity contribution in [2.24, 2.45) is 5.92 Å². The van der Waals surface area contributed by atoms with Crippen LogP contribution in [-0.2, 0) is 6.54 Å². The molecule has 1 amide bonds. The number of hydrogen-bond donors (Lipinski definition) is 1. The highest BCUT2D eigenvalue weighted by Crippen LogP contribution is 2.30. The lowest BCUT2D eigenvalue weighted by Crippen LogP contribution is -2.29. The Labute approximate surface area is 164 Å². The molecule has 5 heteroatoms. The molecule has 0 atom stereocenters. The first-order valence-corrected chi connectivity index (χ1v) is 9.38. The van der Waals surface area contributed by atoms with Crippen molar-refractivity contribution in [2.45, 2.75) is 20.4 Å². The molecule has 0 radical (unpaired) electrons. The minimum absolute atomic E-state index is 0.157. The topological polar surface area (TPSA) is 43.3 Å². The van der Waals surface area contributed by atoms with E-state index >= 15 is 0 Å². The number of amides is 1. The van der Waals surface area contributed by atoms with Crippen molar-refractivity contribution in [3.05, 3.63) is 78.3 Å². The fraction of sp³-hybridized carbons (Fsp3) is 0.261. The van der Waals surface area contributed by atoms with Gasteiger partial charge in [-0.2, -0.15) is 0 Å². The van der Waals surface area contributed by atoms with Gasteiger partial charge in [0.1, 0.15) is 23.9 Å². The zero-order valence-corrected chi connectivity index (χ0v) is 16.2. The number of hydrogen-bond acceptors (Lipinski definition) is 2. The minimum atomic E-state index is -0.297. The molecule has 3 aromatic rings. The Hall–Kier alpha value is -3.08. The molecule has 1 N–H and O–H groups in total. The first-order chi connectivity index (χ1) is 13.5. The number of aromatic nitrogens is 1. The first kappa shape index (κ1) is 19.7. The minimum Gasteiger partial charge on any atom is -0.489 e. The van der Waals surface area contributed by atoms with Crippen LogP contribution in [0.5, 0.6) is 5.75 Å². The predicted octanol–water partition coefficient (Wildman–Crippen LogP) is 4.78. The molecule has 3 rings (SSSR count). The number of halogens is 1. The van der Waals surface area contributed by atoms with Gasteiger partial charge in [-0.3, -0.25) is 4.79 Å². The Morgan fingerprint density at radius 2 is 2.04 bits per heavy atom. The summed E-state index contributed by atoms with van der Waals surface area (Å²) in [4.78, 5) is 12.9. The average molecular weight is 380 g/mol. The van der Waals surface area contributed by atoms with Crippen molar-refractivity contribution < 1.29 is 13.9 Å². The number of nitrogens with one attached hydrogen (secondary N) is 1. The van der Waals surface area contributed by atoms with Crippen LogP contribution in [-0.4, -0.2) is 23.6 Å². The number of fused-ring (bicyclic) bond motifs is 1. The van der Waals surface area contributed by atoms with Crippen molar-refractivity contribution in [1.82, 2.24) is 9.88 Å². The molecule has 0 spiro atoms. The van der Waals surface area contributed by atoms with Crippen LogP contribution >= 0.6 is 0 Å². The maximum atomic E-state index is 13.7. The molecule has 146 valence electrons. The summed E-state index contributed by atoms with van der Waals surface area (Å²) in [5, 5.41) is 3.81. The molecule has 28 heavy (non-hydrogen) atoms. The van der Waals surface area contributed by atoms with Crippen molar-refractivity contribution in [1.29, 1.82) is 0 Å². The van der Waals surface area contributed by atoms with Gasteiger partial charge in [-0.1, -0.05) is 44.7 Å². The Morgan fingerprint density at radius 1 is 1.25 bits per heavy atom. The van der Waals surface area contributed by atoms with Gasteiger partial charge in [0.25, 0.3) is 5.91 Å². The maximum Gasteiger partial charge on any atom is 0.267 e. The molecular weight excluding hydrogens is 355 g/mol. The Bertz CT molecular complexity index is 991. The number of carbonyl (C=O) groups excluding carboxylic acids is 1. The van der Waals surface area contributed by atoms with Gasteiger partial charge >= 0.3 is 0 Å². The molecule has 1 heterocycles. The second-order valence-electron chi connectivity index (χ2n) is 7.14. The Morgan fingerprint density at radius 3 is 2.75 bits per heavy atom. The van der Waals surface area contributed by atoms with Gasteiger partial charge < -0.3 is 14.6 Å². The first-order valence-electron chi connectivity index (χ1n) is 9.38. The van der Waals surface area contributed by atoms with Crippen LogP contribution in [0.25, 0.3) is 10.9 Å². The molecule has 2 aromatic carbocycles. The zero-order chi connectivity index (χ0) is 20.1. The molecule has 0 bridgehead atoms. The average Bonchev–Trinajstić information content (AvgIpc) is 3.03. The van der Waals surface area contributed by atoms with Crippen LogP contribution in [0.2, 0.25) is 0 Å². The maximum absolute atomic E-state index is 13.7. The van der Waals surface area contributed by atoms with Gasteiger partial charge in [0.2, 0.25) is 0 Å². The summed E-state index contributed by atoms with van der Waals surface area (Å²) >= 11 is 0. The normalized spacial score (nSPS) is 11.0. The van der Waals surface area contributed by atoms with E-state index in [4.69, 9.17) is 4.74 Å². The summed E-state index contributed by atoms with van der Waals surface area (Å²) in [5.41, 5.74) is 2.17. The van der Waals surface area contributed by atoms with Crippen LogP contribution in [0.3, 0.4) is 0 Å². The highest BCUT2D eigenvalue weighted by Gasteiger charge is 2.18. The summed E-state index contributed by atoms with van der Waals surface area (Å²) in [6.45, 7) is 9.12. The number of ether oxygens (including phenoxy) is 1. The van der Waals surface area contributed by atoms with Gasteiger partial charge in [0.15, 0.2) is 0 Å². The molecule has 0 aliphatic heterocycles. The van der Waals surface area contributed by atoms with E-state index < -0.39 is 0 Å². The highest BCUT2D eigenvalue weighted by molar-refractivity contribution is 6.00. The van der Waals surface area contributed by atoms with E-state index in [1.165, 1.54) is 12.1 Å². The van der Waals surface area contributed by atoms with E-state index in [0.29, 0.717) is 37.1 Å². The van der Waals surface area contributed by atoms with Crippen LogP contribution in [0, 0.1) is 11.7 Å². The van der Waals surface area contributed by atoms with Gasteiger partial charge in [-0.15, -0.1) is 0 Å². The third-order valence-corrected chi connectivity index (χ3v) is 4.40.